The lowest BCUT2D eigenvalue weighted by atomic mass is 9.97. The van der Waals surface area contributed by atoms with Gasteiger partial charge in [0, 0.05) is 23.7 Å². The number of carbonyl (C=O) groups is 3. The standard InChI is InChI=1S/C19H23N3O8S/c1-11(23)27-9-14-17(29-12(2)24)16(21-22-20)18(28-10-15(25)26-3)19(30-14)31-13-7-5-4-6-8-13/h4-8,14,16-19H,9-10H2,1-3H3. The van der Waals surface area contributed by atoms with Crippen LogP contribution in [0.2, 0.25) is 0 Å². The SMILES string of the molecule is COC(=O)COC1C(Sc2ccccc2)OC(COC(C)=O)C(OC(C)=O)C1N=[N+]=[N-]. The van der Waals surface area contributed by atoms with E-state index in [1.807, 2.05) is 30.3 Å². The predicted octanol–water partition coefficient (Wildman–Crippen LogP) is 2.24. The van der Waals surface area contributed by atoms with Crippen LogP contribution in [0.3, 0.4) is 0 Å². The van der Waals surface area contributed by atoms with Crippen molar-refractivity contribution in [2.45, 2.75) is 48.5 Å². The van der Waals surface area contributed by atoms with E-state index in [1.54, 1.807) is 0 Å². The molecule has 0 spiro atoms. The summed E-state index contributed by atoms with van der Waals surface area (Å²) < 4.78 is 26.7. The van der Waals surface area contributed by atoms with Crippen LogP contribution in [0.5, 0.6) is 0 Å². The van der Waals surface area contributed by atoms with E-state index >= 15 is 0 Å². The van der Waals surface area contributed by atoms with E-state index in [9.17, 15) is 14.4 Å². The smallest absolute Gasteiger partial charge is 0.331 e. The van der Waals surface area contributed by atoms with Gasteiger partial charge in [0.05, 0.1) is 7.11 Å². The quantitative estimate of drug-likeness (QED) is 0.180. The predicted molar refractivity (Wildman–Crippen MR) is 108 cm³/mol. The van der Waals surface area contributed by atoms with Crippen LogP contribution in [0.15, 0.2) is 40.3 Å². The lowest BCUT2D eigenvalue weighted by Gasteiger charge is -2.43. The van der Waals surface area contributed by atoms with Crippen LogP contribution in [-0.2, 0) is 38.1 Å². The molecule has 0 radical (unpaired) electrons. The maximum Gasteiger partial charge on any atom is 0.331 e. The average Bonchev–Trinajstić information content (AvgIpc) is 2.74. The third kappa shape index (κ3) is 7.44. The molecule has 1 saturated heterocycles. The van der Waals surface area contributed by atoms with Crippen molar-refractivity contribution < 1.29 is 38.1 Å². The monoisotopic (exact) mass is 453 g/mol. The van der Waals surface area contributed by atoms with Crippen LogP contribution in [0.1, 0.15) is 13.8 Å². The summed E-state index contributed by atoms with van der Waals surface area (Å²) in [5.41, 5.74) is 8.35. The Morgan fingerprint density at radius 3 is 2.45 bits per heavy atom. The Bertz CT molecular complexity index is 818. The zero-order valence-corrected chi connectivity index (χ0v) is 18.0. The van der Waals surface area contributed by atoms with E-state index in [1.165, 1.54) is 32.7 Å². The Kier molecular flexibility index (Phi) is 9.60. The Hall–Kier alpha value is -2.79. The minimum Gasteiger partial charge on any atom is -0.467 e. The van der Waals surface area contributed by atoms with E-state index in [0.29, 0.717) is 0 Å². The van der Waals surface area contributed by atoms with Crippen LogP contribution in [0, 0.1) is 0 Å². The van der Waals surface area contributed by atoms with E-state index in [2.05, 4.69) is 14.8 Å². The minimum atomic E-state index is -1.11. The number of carbonyl (C=O) groups excluding carboxylic acids is 3. The van der Waals surface area contributed by atoms with Crippen LogP contribution < -0.4 is 0 Å². The highest BCUT2D eigenvalue weighted by Crippen LogP contribution is 2.37. The van der Waals surface area contributed by atoms with Gasteiger partial charge in [-0.1, -0.05) is 35.1 Å². The van der Waals surface area contributed by atoms with Gasteiger partial charge in [-0.3, -0.25) is 9.59 Å². The van der Waals surface area contributed by atoms with Crippen molar-refractivity contribution in [3.63, 3.8) is 0 Å². The molecule has 2 rings (SSSR count). The van der Waals surface area contributed by atoms with Crippen molar-refractivity contribution in [1.82, 2.24) is 0 Å². The molecule has 0 aromatic heterocycles. The fourth-order valence-corrected chi connectivity index (χ4v) is 4.04. The van der Waals surface area contributed by atoms with Crippen LogP contribution >= 0.6 is 11.8 Å². The molecule has 0 aliphatic carbocycles. The number of nitrogens with zero attached hydrogens (tertiary/aromatic N) is 3. The number of azide groups is 1. The summed E-state index contributed by atoms with van der Waals surface area (Å²) in [5.74, 6) is -1.85. The number of thioether (sulfide) groups is 1. The van der Waals surface area contributed by atoms with Crippen molar-refractivity contribution in [3.05, 3.63) is 40.8 Å². The zero-order valence-electron chi connectivity index (χ0n) is 17.2. The van der Waals surface area contributed by atoms with Crippen LogP contribution in [0.4, 0.5) is 0 Å². The van der Waals surface area contributed by atoms with E-state index < -0.39 is 54.3 Å². The first kappa shape index (κ1) is 24.5. The van der Waals surface area contributed by atoms with Gasteiger partial charge < -0.3 is 23.7 Å². The normalized spacial score (nSPS) is 25.1. The maximum absolute atomic E-state index is 11.7. The average molecular weight is 453 g/mol. The lowest BCUT2D eigenvalue weighted by Crippen LogP contribution is -2.59. The first-order valence-electron chi connectivity index (χ1n) is 9.26. The molecular weight excluding hydrogens is 430 g/mol. The molecule has 1 aromatic rings. The third-order valence-corrected chi connectivity index (χ3v) is 5.33. The highest BCUT2D eigenvalue weighted by Gasteiger charge is 2.49. The molecule has 0 bridgehead atoms. The van der Waals surface area contributed by atoms with Crippen molar-refractivity contribution in [1.29, 1.82) is 0 Å². The molecule has 0 N–H and O–H groups in total. The topological polar surface area (TPSA) is 146 Å². The largest absolute Gasteiger partial charge is 0.467 e. The van der Waals surface area contributed by atoms with Gasteiger partial charge in [-0.05, 0) is 17.7 Å². The van der Waals surface area contributed by atoms with Crippen molar-refractivity contribution >= 4 is 29.7 Å². The number of hydrogen-bond donors (Lipinski definition) is 0. The second-order valence-electron chi connectivity index (χ2n) is 6.40. The summed E-state index contributed by atoms with van der Waals surface area (Å²) >= 11 is 1.26. The summed E-state index contributed by atoms with van der Waals surface area (Å²) in [4.78, 5) is 38.3. The Balaban J connectivity index is 2.39. The number of benzene rings is 1. The molecule has 1 heterocycles. The molecule has 1 aliphatic rings. The van der Waals surface area contributed by atoms with Gasteiger partial charge in [-0.15, -0.1) is 0 Å². The number of ether oxygens (including phenoxy) is 5. The van der Waals surface area contributed by atoms with Gasteiger partial charge in [0.25, 0.3) is 0 Å². The van der Waals surface area contributed by atoms with Gasteiger partial charge in [0.15, 0.2) is 0 Å². The second kappa shape index (κ2) is 12.2. The van der Waals surface area contributed by atoms with Crippen molar-refractivity contribution in [2.24, 2.45) is 5.11 Å². The lowest BCUT2D eigenvalue weighted by molar-refractivity contribution is -0.202. The van der Waals surface area contributed by atoms with E-state index in [4.69, 9.17) is 24.5 Å². The number of esters is 3. The van der Waals surface area contributed by atoms with Crippen LogP contribution in [0.25, 0.3) is 10.4 Å². The van der Waals surface area contributed by atoms with Crippen molar-refractivity contribution in [2.75, 3.05) is 20.3 Å². The number of hydrogen-bond acceptors (Lipinski definition) is 10. The first-order chi connectivity index (χ1) is 14.8. The molecule has 5 unspecified atom stereocenters. The fourth-order valence-electron chi connectivity index (χ4n) is 2.89. The molecule has 0 amide bonds. The van der Waals surface area contributed by atoms with Gasteiger partial charge in [0.1, 0.15) is 43.0 Å². The number of methoxy groups -OCH3 is 1. The Morgan fingerprint density at radius 2 is 1.87 bits per heavy atom. The fraction of sp³-hybridized carbons (Fsp3) is 0.526. The molecule has 168 valence electrons. The molecule has 11 nitrogen and oxygen atoms in total. The van der Waals surface area contributed by atoms with Gasteiger partial charge in [-0.25, -0.2) is 4.79 Å². The summed E-state index contributed by atoms with van der Waals surface area (Å²) in [5, 5.41) is 3.76. The highest BCUT2D eigenvalue weighted by molar-refractivity contribution is 7.99. The molecule has 12 heteroatoms. The molecule has 1 aromatic carbocycles. The van der Waals surface area contributed by atoms with Gasteiger partial charge in [-0.2, -0.15) is 0 Å². The molecule has 5 atom stereocenters. The van der Waals surface area contributed by atoms with Crippen molar-refractivity contribution in [3.8, 4) is 0 Å². The number of rotatable bonds is 9. The van der Waals surface area contributed by atoms with Gasteiger partial charge >= 0.3 is 17.9 Å². The highest BCUT2D eigenvalue weighted by atomic mass is 32.2. The molecule has 31 heavy (non-hydrogen) atoms. The third-order valence-electron chi connectivity index (χ3n) is 4.17. The van der Waals surface area contributed by atoms with E-state index in [-0.39, 0.29) is 6.61 Å². The maximum atomic E-state index is 11.7. The Morgan fingerprint density at radius 1 is 1.16 bits per heavy atom. The summed E-state index contributed by atoms with van der Waals surface area (Å²) in [6.45, 7) is 1.74. The first-order valence-corrected chi connectivity index (χ1v) is 10.1. The van der Waals surface area contributed by atoms with Crippen LogP contribution in [-0.4, -0.2) is 68.0 Å². The second-order valence-corrected chi connectivity index (χ2v) is 7.57. The molecule has 1 fully saturated rings. The molecule has 0 saturated carbocycles. The molecular formula is C19H23N3O8S. The Labute approximate surface area is 182 Å². The summed E-state index contributed by atoms with van der Waals surface area (Å²) in [6.07, 6.45) is -3.01. The molecule has 1 aliphatic heterocycles. The van der Waals surface area contributed by atoms with Gasteiger partial charge in [0.2, 0.25) is 0 Å². The zero-order chi connectivity index (χ0) is 22.8. The minimum absolute atomic E-state index is 0.236. The van der Waals surface area contributed by atoms with E-state index in [0.717, 1.165) is 4.90 Å². The summed E-state index contributed by atoms with van der Waals surface area (Å²) in [7, 11) is 1.21. The summed E-state index contributed by atoms with van der Waals surface area (Å²) in [6, 6.07) is 8.13.